The summed E-state index contributed by atoms with van der Waals surface area (Å²) in [6.07, 6.45) is 0. The van der Waals surface area contributed by atoms with E-state index in [2.05, 4.69) is 10.4 Å². The number of hydrogen-bond donors (Lipinski definition) is 1. The molecule has 1 aromatic heterocycles. The van der Waals surface area contributed by atoms with Gasteiger partial charge in [0, 0.05) is 6.07 Å². The van der Waals surface area contributed by atoms with Crippen molar-refractivity contribution in [3.63, 3.8) is 0 Å². The average Bonchev–Trinajstić information content (AvgIpc) is 2.70. The van der Waals surface area contributed by atoms with Gasteiger partial charge in [0.2, 0.25) is 11.3 Å². The Morgan fingerprint density at radius 2 is 1.82 bits per heavy atom. The van der Waals surface area contributed by atoms with E-state index in [-0.39, 0.29) is 17.6 Å². The molecular formula is C20H17F2N3O3. The summed E-state index contributed by atoms with van der Waals surface area (Å²) in [4.78, 5) is 24.9. The molecular weight excluding hydrogens is 368 g/mol. The zero-order chi connectivity index (χ0) is 20.3. The Morgan fingerprint density at radius 1 is 1.11 bits per heavy atom. The van der Waals surface area contributed by atoms with Crippen molar-refractivity contribution in [2.45, 2.75) is 13.0 Å². The van der Waals surface area contributed by atoms with E-state index in [1.807, 2.05) is 30.3 Å². The number of ether oxygens (including phenoxy) is 1. The van der Waals surface area contributed by atoms with Crippen LogP contribution in [0.3, 0.4) is 0 Å². The topological polar surface area (TPSA) is 73.2 Å². The molecule has 144 valence electrons. The maximum Gasteiger partial charge on any atom is 0.276 e. The SMILES string of the molecule is COc1cc(=O)c(C(=O)N[C@@H](C)c2ccccc2)nn1-c1ccc(F)c(F)c1. The van der Waals surface area contributed by atoms with E-state index >= 15 is 0 Å². The van der Waals surface area contributed by atoms with Crippen LogP contribution in [0.2, 0.25) is 0 Å². The van der Waals surface area contributed by atoms with E-state index in [1.54, 1.807) is 6.92 Å². The molecule has 3 rings (SSSR count). The Kier molecular flexibility index (Phi) is 5.49. The molecule has 0 spiro atoms. The molecule has 0 bridgehead atoms. The summed E-state index contributed by atoms with van der Waals surface area (Å²) in [5.41, 5.74) is -0.104. The van der Waals surface area contributed by atoms with Gasteiger partial charge in [-0.25, -0.2) is 13.5 Å². The predicted octanol–water partition coefficient (Wildman–Crippen LogP) is 3.01. The molecule has 0 aliphatic heterocycles. The summed E-state index contributed by atoms with van der Waals surface area (Å²) >= 11 is 0. The predicted molar refractivity (Wildman–Crippen MR) is 98.6 cm³/mol. The van der Waals surface area contributed by atoms with Gasteiger partial charge in [-0.15, -0.1) is 0 Å². The van der Waals surface area contributed by atoms with Crippen LogP contribution < -0.4 is 15.5 Å². The highest BCUT2D eigenvalue weighted by atomic mass is 19.2. The molecule has 0 saturated heterocycles. The third kappa shape index (κ3) is 3.90. The van der Waals surface area contributed by atoms with Crippen LogP contribution in [0.4, 0.5) is 8.78 Å². The molecule has 1 N–H and O–H groups in total. The lowest BCUT2D eigenvalue weighted by atomic mass is 10.1. The monoisotopic (exact) mass is 385 g/mol. The van der Waals surface area contributed by atoms with Crippen molar-refractivity contribution in [1.29, 1.82) is 0 Å². The highest BCUT2D eigenvalue weighted by Gasteiger charge is 2.19. The number of halogens is 2. The molecule has 0 unspecified atom stereocenters. The van der Waals surface area contributed by atoms with Crippen LogP contribution in [0.25, 0.3) is 5.69 Å². The number of benzene rings is 2. The third-order valence-electron chi connectivity index (χ3n) is 4.12. The Bertz CT molecular complexity index is 1070. The Balaban J connectivity index is 1.98. The van der Waals surface area contributed by atoms with Crippen LogP contribution in [0.5, 0.6) is 5.88 Å². The van der Waals surface area contributed by atoms with Crippen molar-refractivity contribution in [2.75, 3.05) is 7.11 Å². The molecule has 0 saturated carbocycles. The van der Waals surface area contributed by atoms with E-state index in [0.29, 0.717) is 0 Å². The summed E-state index contributed by atoms with van der Waals surface area (Å²) < 4.78 is 33.0. The standard InChI is InChI=1S/C20H17F2N3O3/c1-12(13-6-4-3-5-7-13)23-20(27)19-17(26)11-18(28-2)25(24-19)14-8-9-15(21)16(22)10-14/h3-12H,1-2H3,(H,23,27)/t12-/m0/s1. The number of rotatable bonds is 5. The summed E-state index contributed by atoms with van der Waals surface area (Å²) in [6, 6.07) is 13.0. The first-order chi connectivity index (χ1) is 13.4. The van der Waals surface area contributed by atoms with Crippen molar-refractivity contribution in [3.8, 4) is 11.6 Å². The van der Waals surface area contributed by atoms with E-state index in [4.69, 9.17) is 4.74 Å². The van der Waals surface area contributed by atoms with Crippen LogP contribution in [-0.4, -0.2) is 22.8 Å². The number of nitrogens with zero attached hydrogens (tertiary/aromatic N) is 2. The zero-order valence-electron chi connectivity index (χ0n) is 15.1. The van der Waals surface area contributed by atoms with Gasteiger partial charge in [0.1, 0.15) is 0 Å². The van der Waals surface area contributed by atoms with Gasteiger partial charge in [0.05, 0.1) is 24.9 Å². The Morgan fingerprint density at radius 3 is 2.46 bits per heavy atom. The van der Waals surface area contributed by atoms with Gasteiger partial charge in [-0.05, 0) is 24.6 Å². The summed E-state index contributed by atoms with van der Waals surface area (Å²) in [5.74, 6) is -2.84. The lowest BCUT2D eigenvalue weighted by Gasteiger charge is -2.15. The smallest absolute Gasteiger partial charge is 0.276 e. The average molecular weight is 385 g/mol. The normalized spacial score (nSPS) is 11.7. The second-order valence-electron chi connectivity index (χ2n) is 6.02. The Hall–Kier alpha value is -3.55. The van der Waals surface area contributed by atoms with Crippen molar-refractivity contribution in [3.05, 3.63) is 87.7 Å². The fraction of sp³-hybridized carbons (Fsp3) is 0.150. The van der Waals surface area contributed by atoms with E-state index in [0.717, 1.165) is 28.4 Å². The van der Waals surface area contributed by atoms with E-state index < -0.39 is 28.7 Å². The quantitative estimate of drug-likeness (QED) is 0.733. The molecule has 1 heterocycles. The van der Waals surface area contributed by atoms with Crippen LogP contribution in [-0.2, 0) is 0 Å². The van der Waals surface area contributed by atoms with Gasteiger partial charge in [-0.3, -0.25) is 9.59 Å². The first-order valence-electron chi connectivity index (χ1n) is 8.40. The van der Waals surface area contributed by atoms with Gasteiger partial charge < -0.3 is 10.1 Å². The minimum atomic E-state index is -1.09. The molecule has 1 atom stereocenters. The number of carbonyl (C=O) groups excluding carboxylic acids is 1. The second-order valence-corrected chi connectivity index (χ2v) is 6.02. The zero-order valence-corrected chi connectivity index (χ0v) is 15.1. The van der Waals surface area contributed by atoms with Crippen LogP contribution in [0, 0.1) is 11.6 Å². The van der Waals surface area contributed by atoms with Gasteiger partial charge in [0.15, 0.2) is 17.3 Å². The molecule has 6 nitrogen and oxygen atoms in total. The van der Waals surface area contributed by atoms with Crippen molar-refractivity contribution >= 4 is 5.91 Å². The van der Waals surface area contributed by atoms with Crippen molar-refractivity contribution in [1.82, 2.24) is 15.1 Å². The Labute approximate surface area is 159 Å². The first-order valence-corrected chi connectivity index (χ1v) is 8.40. The van der Waals surface area contributed by atoms with Crippen LogP contribution >= 0.6 is 0 Å². The van der Waals surface area contributed by atoms with Gasteiger partial charge in [-0.1, -0.05) is 30.3 Å². The molecule has 28 heavy (non-hydrogen) atoms. The first kappa shape index (κ1) is 19.2. The minimum absolute atomic E-state index is 0.0244. The maximum absolute atomic E-state index is 13.6. The van der Waals surface area contributed by atoms with Crippen LogP contribution in [0.15, 0.2) is 59.4 Å². The number of aromatic nitrogens is 2. The van der Waals surface area contributed by atoms with Gasteiger partial charge in [-0.2, -0.15) is 5.10 Å². The van der Waals surface area contributed by atoms with E-state index in [9.17, 15) is 18.4 Å². The van der Waals surface area contributed by atoms with E-state index in [1.165, 1.54) is 13.2 Å². The number of amides is 1. The van der Waals surface area contributed by atoms with Crippen molar-refractivity contribution in [2.24, 2.45) is 0 Å². The molecule has 8 heteroatoms. The molecule has 0 aliphatic rings. The molecule has 0 aliphatic carbocycles. The second kappa shape index (κ2) is 7.99. The number of nitrogens with one attached hydrogen (secondary N) is 1. The fourth-order valence-electron chi connectivity index (χ4n) is 2.63. The summed E-state index contributed by atoms with van der Waals surface area (Å²) in [5, 5.41) is 6.71. The number of methoxy groups -OCH3 is 1. The molecule has 3 aromatic rings. The highest BCUT2D eigenvalue weighted by molar-refractivity contribution is 5.92. The van der Waals surface area contributed by atoms with Gasteiger partial charge in [0.25, 0.3) is 5.91 Å². The molecule has 0 radical (unpaired) electrons. The largest absolute Gasteiger partial charge is 0.481 e. The lowest BCUT2D eigenvalue weighted by molar-refractivity contribution is 0.0931. The molecule has 1 amide bonds. The van der Waals surface area contributed by atoms with Crippen LogP contribution in [0.1, 0.15) is 29.0 Å². The fourth-order valence-corrected chi connectivity index (χ4v) is 2.63. The van der Waals surface area contributed by atoms with Gasteiger partial charge >= 0.3 is 0 Å². The molecule has 0 fully saturated rings. The number of carbonyl (C=O) groups is 1. The maximum atomic E-state index is 13.6. The van der Waals surface area contributed by atoms with Crippen molar-refractivity contribution < 1.29 is 18.3 Å². The number of hydrogen-bond acceptors (Lipinski definition) is 4. The lowest BCUT2D eigenvalue weighted by Crippen LogP contribution is -2.33. The minimum Gasteiger partial charge on any atom is -0.481 e. The molecule has 2 aromatic carbocycles. The highest BCUT2D eigenvalue weighted by Crippen LogP contribution is 2.18. The third-order valence-corrected chi connectivity index (χ3v) is 4.12. The summed E-state index contributed by atoms with van der Waals surface area (Å²) in [7, 11) is 1.30. The summed E-state index contributed by atoms with van der Waals surface area (Å²) in [6.45, 7) is 1.77.